The molecule has 0 saturated heterocycles. The van der Waals surface area contributed by atoms with Crippen LogP contribution in [-0.4, -0.2) is 17.5 Å². The number of benzene rings is 2. The molecule has 25 heavy (non-hydrogen) atoms. The zero-order valence-corrected chi connectivity index (χ0v) is 13.7. The van der Waals surface area contributed by atoms with Crippen molar-refractivity contribution < 1.29 is 31.9 Å². The van der Waals surface area contributed by atoms with Crippen LogP contribution in [0.1, 0.15) is 22.8 Å². The lowest BCUT2D eigenvalue weighted by Crippen LogP contribution is -2.15. The van der Waals surface area contributed by atoms with Crippen molar-refractivity contribution in [2.24, 2.45) is 0 Å². The number of alkyl halides is 3. The van der Waals surface area contributed by atoms with Gasteiger partial charge in [-0.1, -0.05) is 18.2 Å². The second kappa shape index (κ2) is 7.69. The van der Waals surface area contributed by atoms with Gasteiger partial charge in [0.25, 0.3) is 0 Å². The summed E-state index contributed by atoms with van der Waals surface area (Å²) in [5.74, 6) is -2.94. The number of thioether (sulfide) groups is 1. The Morgan fingerprint density at radius 2 is 1.80 bits per heavy atom. The van der Waals surface area contributed by atoms with Crippen LogP contribution in [0.4, 0.5) is 17.6 Å². The van der Waals surface area contributed by atoms with Gasteiger partial charge in [-0.15, -0.1) is 11.8 Å². The largest absolute Gasteiger partial charge is 0.425 e. The predicted molar refractivity (Wildman–Crippen MR) is 84.2 cm³/mol. The Kier molecular flexibility index (Phi) is 5.84. The van der Waals surface area contributed by atoms with Crippen LogP contribution in [0.15, 0.2) is 47.4 Å². The molecule has 0 N–H and O–H groups in total. The van der Waals surface area contributed by atoms with Crippen molar-refractivity contribution in [2.45, 2.75) is 18.0 Å². The number of Topliss-reactive ketones (excluding diaryl/α,β-unsaturated/α-hetero) is 1. The number of carbonyl (C=O) groups excluding carboxylic acids is 2. The van der Waals surface area contributed by atoms with Gasteiger partial charge in [-0.05, 0) is 31.2 Å². The standard InChI is InChI=1S/C17H12F4O3S/c1-10(22)11-6-7-15(13(18)8-11)25-9-16(23)24-14-5-3-2-4-12(14)17(19,20)21/h2-8H,9H2,1H3. The first-order chi connectivity index (χ1) is 11.7. The smallest absolute Gasteiger partial charge is 0.419 e. The van der Waals surface area contributed by atoms with Crippen molar-refractivity contribution >= 4 is 23.5 Å². The summed E-state index contributed by atoms with van der Waals surface area (Å²) in [4.78, 5) is 23.0. The summed E-state index contributed by atoms with van der Waals surface area (Å²) < 4.78 is 57.1. The molecule has 3 nitrogen and oxygen atoms in total. The van der Waals surface area contributed by atoms with E-state index in [-0.39, 0.29) is 22.0 Å². The van der Waals surface area contributed by atoms with E-state index in [1.165, 1.54) is 31.2 Å². The molecule has 0 saturated carbocycles. The van der Waals surface area contributed by atoms with E-state index in [4.69, 9.17) is 4.74 Å². The monoisotopic (exact) mass is 372 g/mol. The fraction of sp³-hybridized carbons (Fsp3) is 0.176. The van der Waals surface area contributed by atoms with Gasteiger partial charge in [-0.2, -0.15) is 13.2 Å². The lowest BCUT2D eigenvalue weighted by Gasteiger charge is -2.12. The number of ketones is 1. The first-order valence-corrected chi connectivity index (χ1v) is 7.97. The van der Waals surface area contributed by atoms with Crippen LogP contribution in [0.5, 0.6) is 5.75 Å². The Morgan fingerprint density at radius 1 is 1.12 bits per heavy atom. The summed E-state index contributed by atoms with van der Waals surface area (Å²) in [6, 6.07) is 8.09. The zero-order chi connectivity index (χ0) is 18.6. The molecule has 0 spiro atoms. The SMILES string of the molecule is CC(=O)c1ccc(SCC(=O)Oc2ccccc2C(F)(F)F)c(F)c1. The molecule has 0 aliphatic carbocycles. The molecule has 0 atom stereocenters. The van der Waals surface area contributed by atoms with Crippen LogP contribution in [0.2, 0.25) is 0 Å². The van der Waals surface area contributed by atoms with Crippen molar-refractivity contribution in [1.82, 2.24) is 0 Å². The third-order valence-corrected chi connectivity index (χ3v) is 4.12. The molecule has 0 aliphatic rings. The second-order valence-electron chi connectivity index (χ2n) is 4.96. The van der Waals surface area contributed by atoms with Gasteiger partial charge < -0.3 is 4.74 Å². The highest BCUT2D eigenvalue weighted by molar-refractivity contribution is 8.00. The number of halogens is 4. The highest BCUT2D eigenvalue weighted by Gasteiger charge is 2.34. The molecule has 0 fully saturated rings. The van der Waals surface area contributed by atoms with Gasteiger partial charge >= 0.3 is 12.1 Å². The van der Waals surface area contributed by atoms with E-state index in [0.717, 1.165) is 30.0 Å². The minimum Gasteiger partial charge on any atom is -0.425 e. The van der Waals surface area contributed by atoms with E-state index in [0.29, 0.717) is 0 Å². The fourth-order valence-corrected chi connectivity index (χ4v) is 2.61. The zero-order valence-electron chi connectivity index (χ0n) is 12.9. The molecule has 0 amide bonds. The number of carbonyl (C=O) groups is 2. The summed E-state index contributed by atoms with van der Waals surface area (Å²) in [7, 11) is 0. The minimum absolute atomic E-state index is 0.0889. The first-order valence-electron chi connectivity index (χ1n) is 6.98. The summed E-state index contributed by atoms with van der Waals surface area (Å²) in [6.07, 6.45) is -4.65. The summed E-state index contributed by atoms with van der Waals surface area (Å²) in [6.45, 7) is 1.29. The summed E-state index contributed by atoms with van der Waals surface area (Å²) >= 11 is 0.766. The van der Waals surface area contributed by atoms with Crippen LogP contribution in [0.25, 0.3) is 0 Å². The van der Waals surface area contributed by atoms with Crippen LogP contribution in [-0.2, 0) is 11.0 Å². The second-order valence-corrected chi connectivity index (χ2v) is 5.98. The Morgan fingerprint density at radius 3 is 2.40 bits per heavy atom. The molecule has 2 rings (SSSR count). The van der Waals surface area contributed by atoms with Gasteiger partial charge in [0.2, 0.25) is 0 Å². The normalized spacial score (nSPS) is 11.2. The van der Waals surface area contributed by atoms with Crippen molar-refractivity contribution in [1.29, 1.82) is 0 Å². The van der Waals surface area contributed by atoms with Crippen LogP contribution < -0.4 is 4.74 Å². The van der Waals surface area contributed by atoms with E-state index in [2.05, 4.69) is 0 Å². The van der Waals surface area contributed by atoms with Gasteiger partial charge in [0.15, 0.2) is 5.78 Å². The number of hydrogen-bond donors (Lipinski definition) is 0. The van der Waals surface area contributed by atoms with E-state index in [9.17, 15) is 27.2 Å². The quantitative estimate of drug-likeness (QED) is 0.250. The van der Waals surface area contributed by atoms with Gasteiger partial charge in [0, 0.05) is 10.5 Å². The molecule has 0 bridgehead atoms. The third kappa shape index (κ3) is 5.06. The Labute approximate surface area is 145 Å². The topological polar surface area (TPSA) is 43.4 Å². The van der Waals surface area contributed by atoms with Crippen LogP contribution in [0, 0.1) is 5.82 Å². The third-order valence-electron chi connectivity index (χ3n) is 3.10. The molecule has 0 unspecified atom stereocenters. The average molecular weight is 372 g/mol. The van der Waals surface area contributed by atoms with Gasteiger partial charge in [-0.25, -0.2) is 4.39 Å². The van der Waals surface area contributed by atoms with Gasteiger partial charge in [-0.3, -0.25) is 9.59 Å². The number of rotatable bonds is 5. The number of para-hydroxylation sites is 1. The molecule has 0 heterocycles. The maximum atomic E-state index is 13.8. The lowest BCUT2D eigenvalue weighted by atomic mass is 10.1. The highest BCUT2D eigenvalue weighted by Crippen LogP contribution is 2.36. The summed E-state index contributed by atoms with van der Waals surface area (Å²) in [5, 5.41) is 0. The molecule has 0 aromatic heterocycles. The van der Waals surface area contributed by atoms with E-state index >= 15 is 0 Å². The predicted octanol–water partition coefficient (Wildman–Crippen LogP) is 4.74. The Bertz CT molecular complexity index is 803. The van der Waals surface area contributed by atoms with E-state index < -0.39 is 29.3 Å². The molecule has 8 heteroatoms. The number of ether oxygens (including phenoxy) is 1. The molecule has 132 valence electrons. The van der Waals surface area contributed by atoms with Crippen molar-refractivity contribution in [3.63, 3.8) is 0 Å². The molecule has 2 aromatic carbocycles. The maximum absolute atomic E-state index is 13.8. The molecule has 0 radical (unpaired) electrons. The summed E-state index contributed by atoms with van der Waals surface area (Å²) in [5.41, 5.74) is -0.881. The first kappa shape index (κ1) is 19.0. The minimum atomic E-state index is -4.65. The molecule has 0 aliphatic heterocycles. The van der Waals surface area contributed by atoms with Gasteiger partial charge in [0.05, 0.1) is 11.3 Å². The van der Waals surface area contributed by atoms with Gasteiger partial charge in [0.1, 0.15) is 11.6 Å². The lowest BCUT2D eigenvalue weighted by molar-refractivity contribution is -0.141. The number of esters is 1. The van der Waals surface area contributed by atoms with Crippen molar-refractivity contribution in [3.8, 4) is 5.75 Å². The number of hydrogen-bond acceptors (Lipinski definition) is 4. The highest BCUT2D eigenvalue weighted by atomic mass is 32.2. The molecular weight excluding hydrogens is 360 g/mol. The molecule has 2 aromatic rings. The van der Waals surface area contributed by atoms with E-state index in [1.54, 1.807) is 0 Å². The van der Waals surface area contributed by atoms with E-state index in [1.807, 2.05) is 0 Å². The van der Waals surface area contributed by atoms with Crippen molar-refractivity contribution in [3.05, 3.63) is 59.4 Å². The van der Waals surface area contributed by atoms with Crippen molar-refractivity contribution in [2.75, 3.05) is 5.75 Å². The van der Waals surface area contributed by atoms with Crippen LogP contribution >= 0.6 is 11.8 Å². The van der Waals surface area contributed by atoms with Crippen LogP contribution in [0.3, 0.4) is 0 Å². The maximum Gasteiger partial charge on any atom is 0.419 e. The average Bonchev–Trinajstić information content (AvgIpc) is 2.53. The molecular formula is C17H12F4O3S. The fourth-order valence-electron chi connectivity index (χ4n) is 1.92. The Balaban J connectivity index is 2.04. The Hall–Kier alpha value is -2.35.